The van der Waals surface area contributed by atoms with E-state index in [2.05, 4.69) is 101 Å². The van der Waals surface area contributed by atoms with E-state index in [1.54, 1.807) is 23.7 Å². The van der Waals surface area contributed by atoms with Crippen LogP contribution in [-0.4, -0.2) is 8.07 Å². The number of allylic oxidation sites excluding steroid dienone is 2. The lowest BCUT2D eigenvalue weighted by molar-refractivity contribution is 0.582. The third-order valence-electron chi connectivity index (χ3n) is 8.59. The monoisotopic (exact) mass is 504 g/mol. The number of furan rings is 2. The Labute approximate surface area is 221 Å². The van der Waals surface area contributed by atoms with Crippen LogP contribution in [0.25, 0.3) is 34.8 Å². The third-order valence-corrected chi connectivity index (χ3v) is 12.8. The van der Waals surface area contributed by atoms with Gasteiger partial charge in [0.15, 0.2) is 0 Å². The SMILES string of the molecule is CC(C)C1=Cc2c(-c3ccco3)cccc2C1[Si](C)(C)C1C(C(C)C)=Cc2c(-c3ccco3)cccc21. The third kappa shape index (κ3) is 3.75. The standard InChI is InChI=1S/C34H36O2Si/c1-21(2)27-19-29-23(31-15-9-17-35-31)11-7-13-25(29)33(27)37(5,6)34-26-14-8-12-24(32-16-10-18-36-32)30(26)20-28(34)22(3)4/h7-22,33-34H,1-6H3. The van der Waals surface area contributed by atoms with Crippen LogP contribution in [0.3, 0.4) is 0 Å². The average Bonchev–Trinajstić information content (AvgIpc) is 3.66. The van der Waals surface area contributed by atoms with Gasteiger partial charge in [-0.05, 0) is 58.4 Å². The van der Waals surface area contributed by atoms with Crippen molar-refractivity contribution in [2.45, 2.75) is 51.9 Å². The van der Waals surface area contributed by atoms with Gasteiger partial charge in [-0.2, -0.15) is 0 Å². The minimum absolute atomic E-state index is 0.447. The Balaban J connectivity index is 1.53. The predicted molar refractivity (Wildman–Crippen MR) is 157 cm³/mol. The molecule has 2 nitrogen and oxygen atoms in total. The Kier molecular flexibility index (Phi) is 5.80. The summed E-state index contributed by atoms with van der Waals surface area (Å²) in [6, 6.07) is 21.8. The van der Waals surface area contributed by atoms with E-state index < -0.39 is 8.07 Å². The molecule has 2 aromatic heterocycles. The number of hydrogen-bond acceptors (Lipinski definition) is 2. The molecule has 2 aliphatic carbocycles. The molecule has 0 fully saturated rings. The van der Waals surface area contributed by atoms with Crippen molar-refractivity contribution in [3.8, 4) is 22.6 Å². The Morgan fingerprint density at radius 1 is 0.595 bits per heavy atom. The summed E-state index contributed by atoms with van der Waals surface area (Å²) in [4.78, 5) is 0. The predicted octanol–water partition coefficient (Wildman–Crippen LogP) is 9.97. The van der Waals surface area contributed by atoms with Crippen LogP contribution < -0.4 is 0 Å². The topological polar surface area (TPSA) is 26.3 Å². The molecule has 2 unspecified atom stereocenters. The highest BCUT2D eigenvalue weighted by atomic mass is 28.3. The van der Waals surface area contributed by atoms with E-state index in [1.807, 2.05) is 12.1 Å². The summed E-state index contributed by atoms with van der Waals surface area (Å²) in [7, 11) is -2.00. The molecule has 2 aromatic carbocycles. The van der Waals surface area contributed by atoms with Crippen LogP contribution >= 0.6 is 0 Å². The van der Waals surface area contributed by atoms with E-state index in [4.69, 9.17) is 8.83 Å². The van der Waals surface area contributed by atoms with Crippen molar-refractivity contribution < 1.29 is 8.83 Å². The van der Waals surface area contributed by atoms with Crippen LogP contribution in [0.5, 0.6) is 0 Å². The van der Waals surface area contributed by atoms with Crippen molar-refractivity contribution in [2.24, 2.45) is 11.8 Å². The van der Waals surface area contributed by atoms with Crippen LogP contribution in [0.2, 0.25) is 13.1 Å². The summed E-state index contributed by atoms with van der Waals surface area (Å²) in [6.45, 7) is 14.7. The number of rotatable bonds is 6. The van der Waals surface area contributed by atoms with E-state index in [0.717, 1.165) is 11.5 Å². The molecule has 0 saturated carbocycles. The molecular weight excluding hydrogens is 468 g/mol. The van der Waals surface area contributed by atoms with E-state index in [-0.39, 0.29) is 0 Å². The van der Waals surface area contributed by atoms with Crippen molar-refractivity contribution in [2.75, 3.05) is 0 Å². The van der Waals surface area contributed by atoms with Gasteiger partial charge in [0.25, 0.3) is 0 Å². The van der Waals surface area contributed by atoms with Crippen molar-refractivity contribution in [1.29, 1.82) is 0 Å². The highest BCUT2D eigenvalue weighted by Gasteiger charge is 2.49. The molecular formula is C34H36O2Si. The Hall–Kier alpha value is -3.30. The number of hydrogen-bond donors (Lipinski definition) is 0. The van der Waals surface area contributed by atoms with Gasteiger partial charge in [-0.25, -0.2) is 0 Å². The lowest BCUT2D eigenvalue weighted by Crippen LogP contribution is -2.44. The maximum absolute atomic E-state index is 5.87. The van der Waals surface area contributed by atoms with E-state index in [0.29, 0.717) is 22.9 Å². The number of benzene rings is 2. The van der Waals surface area contributed by atoms with Crippen LogP contribution in [0.4, 0.5) is 0 Å². The first-order valence-electron chi connectivity index (χ1n) is 13.6. The largest absolute Gasteiger partial charge is 0.464 e. The fraction of sp³-hybridized carbons (Fsp3) is 0.294. The molecule has 0 saturated heterocycles. The molecule has 37 heavy (non-hydrogen) atoms. The summed E-state index contributed by atoms with van der Waals surface area (Å²) in [5, 5.41) is 0. The van der Waals surface area contributed by atoms with Gasteiger partial charge in [-0.3, -0.25) is 0 Å². The fourth-order valence-corrected chi connectivity index (χ4v) is 12.0. The van der Waals surface area contributed by atoms with Crippen molar-refractivity contribution in [3.05, 3.63) is 107 Å². The Morgan fingerprint density at radius 2 is 1.03 bits per heavy atom. The Morgan fingerprint density at radius 3 is 1.38 bits per heavy atom. The molecule has 0 spiro atoms. The molecule has 2 atom stereocenters. The van der Waals surface area contributed by atoms with Crippen molar-refractivity contribution in [1.82, 2.24) is 0 Å². The van der Waals surface area contributed by atoms with Crippen LogP contribution in [-0.2, 0) is 0 Å². The highest BCUT2D eigenvalue weighted by molar-refractivity contribution is 6.81. The van der Waals surface area contributed by atoms with Crippen molar-refractivity contribution in [3.63, 3.8) is 0 Å². The van der Waals surface area contributed by atoms with E-state index in [1.165, 1.54) is 33.4 Å². The summed E-state index contributed by atoms with van der Waals surface area (Å²) in [5.74, 6) is 2.87. The normalized spacial score (nSPS) is 18.8. The minimum atomic E-state index is -2.00. The molecule has 2 heterocycles. The van der Waals surface area contributed by atoms with Gasteiger partial charge in [-0.1, -0.05) is 100 Å². The van der Waals surface area contributed by atoms with E-state index >= 15 is 0 Å². The molecule has 188 valence electrons. The molecule has 0 amide bonds. The van der Waals surface area contributed by atoms with Gasteiger partial charge in [-0.15, -0.1) is 0 Å². The van der Waals surface area contributed by atoms with Gasteiger partial charge in [0, 0.05) is 22.2 Å². The van der Waals surface area contributed by atoms with Gasteiger partial charge in [0.2, 0.25) is 0 Å². The second kappa shape index (κ2) is 8.92. The zero-order valence-electron chi connectivity index (χ0n) is 22.7. The first kappa shape index (κ1) is 24.1. The first-order valence-corrected chi connectivity index (χ1v) is 16.7. The maximum Gasteiger partial charge on any atom is 0.134 e. The number of fused-ring (bicyclic) bond motifs is 2. The molecule has 0 aliphatic heterocycles. The second-order valence-corrected chi connectivity index (χ2v) is 16.7. The van der Waals surface area contributed by atoms with Gasteiger partial charge < -0.3 is 8.83 Å². The average molecular weight is 505 g/mol. The molecule has 2 aliphatic rings. The maximum atomic E-state index is 5.87. The van der Waals surface area contributed by atoms with Crippen molar-refractivity contribution >= 4 is 20.2 Å². The lowest BCUT2D eigenvalue weighted by Gasteiger charge is -2.41. The zero-order valence-corrected chi connectivity index (χ0v) is 23.7. The van der Waals surface area contributed by atoms with Crippen LogP contribution in [0, 0.1) is 11.8 Å². The summed E-state index contributed by atoms with van der Waals surface area (Å²) >= 11 is 0. The fourth-order valence-electron chi connectivity index (χ4n) is 6.97. The molecule has 0 N–H and O–H groups in total. The molecule has 0 radical (unpaired) electrons. The smallest absolute Gasteiger partial charge is 0.134 e. The summed E-state index contributed by atoms with van der Waals surface area (Å²) in [6.07, 6.45) is 8.54. The molecule has 3 heteroatoms. The van der Waals surface area contributed by atoms with Crippen LogP contribution in [0.1, 0.15) is 61.0 Å². The van der Waals surface area contributed by atoms with Gasteiger partial charge in [0.05, 0.1) is 20.6 Å². The van der Waals surface area contributed by atoms with Gasteiger partial charge >= 0.3 is 0 Å². The minimum Gasteiger partial charge on any atom is -0.464 e. The summed E-state index contributed by atoms with van der Waals surface area (Å²) in [5.41, 5.74) is 12.1. The highest BCUT2D eigenvalue weighted by Crippen LogP contribution is 2.56. The van der Waals surface area contributed by atoms with Crippen LogP contribution in [0.15, 0.2) is 93.2 Å². The Bertz CT molecular complexity index is 1380. The molecule has 4 aromatic rings. The second-order valence-electron chi connectivity index (χ2n) is 11.9. The lowest BCUT2D eigenvalue weighted by atomic mass is 9.98. The first-order chi connectivity index (χ1) is 17.8. The quantitative estimate of drug-likeness (QED) is 0.244. The van der Waals surface area contributed by atoms with E-state index in [9.17, 15) is 0 Å². The van der Waals surface area contributed by atoms with Gasteiger partial charge in [0.1, 0.15) is 11.5 Å². The molecule has 6 rings (SSSR count). The molecule has 0 bridgehead atoms. The summed E-state index contributed by atoms with van der Waals surface area (Å²) < 4.78 is 11.7. The zero-order chi connectivity index (χ0) is 25.9.